The molecule has 0 bridgehead atoms. The monoisotopic (exact) mass is 417 g/mol. The summed E-state index contributed by atoms with van der Waals surface area (Å²) in [6.07, 6.45) is 3.36. The number of aromatic amines is 1. The standard InChI is InChI=1S/C21H24FN3O3S/c1-25-9-7-15(8-10-25)24-19-12-16(4-6-20(19)28-2)29(26,27)21-13-23-18-11-14(22)3-5-17(18)21/h3-6,11-13,15,23-24H,7-10H2,1-2H3. The van der Waals surface area contributed by atoms with Crippen molar-refractivity contribution in [2.45, 2.75) is 28.7 Å². The van der Waals surface area contributed by atoms with E-state index in [0.717, 1.165) is 25.9 Å². The predicted octanol–water partition coefficient (Wildman–Crippen LogP) is 3.65. The lowest BCUT2D eigenvalue weighted by Gasteiger charge is -2.30. The van der Waals surface area contributed by atoms with Gasteiger partial charge in [0.15, 0.2) is 0 Å². The molecule has 2 heterocycles. The van der Waals surface area contributed by atoms with E-state index in [1.54, 1.807) is 19.2 Å². The van der Waals surface area contributed by atoms with Gasteiger partial charge < -0.3 is 19.9 Å². The van der Waals surface area contributed by atoms with E-state index in [0.29, 0.717) is 22.3 Å². The molecule has 154 valence electrons. The third-order valence-corrected chi connectivity index (χ3v) is 7.25. The van der Waals surface area contributed by atoms with Crippen molar-refractivity contribution in [3.05, 3.63) is 48.4 Å². The molecule has 0 unspecified atom stereocenters. The molecule has 29 heavy (non-hydrogen) atoms. The van der Waals surface area contributed by atoms with Crippen LogP contribution in [-0.2, 0) is 9.84 Å². The zero-order chi connectivity index (χ0) is 20.6. The number of benzene rings is 2. The van der Waals surface area contributed by atoms with Crippen LogP contribution in [-0.4, -0.2) is 51.6 Å². The van der Waals surface area contributed by atoms with Gasteiger partial charge >= 0.3 is 0 Å². The van der Waals surface area contributed by atoms with Crippen LogP contribution in [0.5, 0.6) is 5.75 Å². The molecule has 8 heteroatoms. The molecule has 0 saturated carbocycles. The van der Waals surface area contributed by atoms with Crippen LogP contribution >= 0.6 is 0 Å². The van der Waals surface area contributed by atoms with Crippen LogP contribution in [0.1, 0.15) is 12.8 Å². The number of halogens is 1. The van der Waals surface area contributed by atoms with Gasteiger partial charge in [-0.2, -0.15) is 0 Å². The molecule has 0 aliphatic carbocycles. The minimum atomic E-state index is -3.79. The average Bonchev–Trinajstić information content (AvgIpc) is 3.13. The van der Waals surface area contributed by atoms with Crippen molar-refractivity contribution in [1.82, 2.24) is 9.88 Å². The van der Waals surface area contributed by atoms with E-state index in [2.05, 4.69) is 22.2 Å². The van der Waals surface area contributed by atoms with Gasteiger partial charge in [-0.1, -0.05) is 0 Å². The maximum atomic E-state index is 13.5. The lowest BCUT2D eigenvalue weighted by atomic mass is 10.1. The maximum absolute atomic E-state index is 13.5. The quantitative estimate of drug-likeness (QED) is 0.663. The van der Waals surface area contributed by atoms with Crippen molar-refractivity contribution in [2.24, 2.45) is 0 Å². The van der Waals surface area contributed by atoms with E-state index < -0.39 is 15.7 Å². The molecule has 1 aliphatic heterocycles. The number of hydrogen-bond donors (Lipinski definition) is 2. The number of likely N-dealkylation sites (tertiary alicyclic amines) is 1. The summed E-state index contributed by atoms with van der Waals surface area (Å²) in [6, 6.07) is 9.11. The average molecular weight is 418 g/mol. The number of nitrogens with zero attached hydrogens (tertiary/aromatic N) is 1. The molecule has 3 aromatic rings. The molecule has 4 rings (SSSR count). The Morgan fingerprint density at radius 3 is 2.66 bits per heavy atom. The molecular formula is C21H24FN3O3S. The normalized spacial score (nSPS) is 16.2. The van der Waals surface area contributed by atoms with E-state index >= 15 is 0 Å². The Kier molecular flexibility index (Phi) is 5.23. The Labute approximate surface area is 169 Å². The Hall–Kier alpha value is -2.58. The number of sulfone groups is 1. The Morgan fingerprint density at radius 2 is 1.93 bits per heavy atom. The van der Waals surface area contributed by atoms with Crippen molar-refractivity contribution in [1.29, 1.82) is 0 Å². The molecule has 0 spiro atoms. The number of H-pyrrole nitrogens is 1. The Balaban J connectivity index is 1.70. The lowest BCUT2D eigenvalue weighted by molar-refractivity contribution is 0.263. The summed E-state index contributed by atoms with van der Waals surface area (Å²) in [5, 5.41) is 3.91. The fraction of sp³-hybridized carbons (Fsp3) is 0.333. The van der Waals surface area contributed by atoms with Crippen molar-refractivity contribution in [3.8, 4) is 5.75 Å². The molecule has 0 amide bonds. The highest BCUT2D eigenvalue weighted by molar-refractivity contribution is 7.91. The summed E-state index contributed by atoms with van der Waals surface area (Å²) in [5.41, 5.74) is 1.11. The second-order valence-corrected chi connectivity index (χ2v) is 9.35. The number of rotatable bonds is 5. The van der Waals surface area contributed by atoms with Crippen molar-refractivity contribution >= 4 is 26.4 Å². The van der Waals surface area contributed by atoms with Crippen LogP contribution in [0.15, 0.2) is 52.4 Å². The highest BCUT2D eigenvalue weighted by atomic mass is 32.2. The third kappa shape index (κ3) is 3.82. The Morgan fingerprint density at radius 1 is 1.17 bits per heavy atom. The minimum Gasteiger partial charge on any atom is -0.495 e. The first kappa shape index (κ1) is 19.7. The molecule has 1 fully saturated rings. The highest BCUT2D eigenvalue weighted by Gasteiger charge is 2.24. The smallest absolute Gasteiger partial charge is 0.208 e. The van der Waals surface area contributed by atoms with Gasteiger partial charge in [0.1, 0.15) is 11.6 Å². The molecule has 6 nitrogen and oxygen atoms in total. The first-order valence-corrected chi connectivity index (χ1v) is 11.0. The highest BCUT2D eigenvalue weighted by Crippen LogP contribution is 2.34. The summed E-state index contributed by atoms with van der Waals surface area (Å²) in [5.74, 6) is 0.182. The summed E-state index contributed by atoms with van der Waals surface area (Å²) in [4.78, 5) is 5.42. The molecule has 0 radical (unpaired) electrons. The van der Waals surface area contributed by atoms with E-state index in [4.69, 9.17) is 4.74 Å². The molecule has 0 atom stereocenters. The number of methoxy groups -OCH3 is 1. The lowest BCUT2D eigenvalue weighted by Crippen LogP contribution is -2.36. The van der Waals surface area contributed by atoms with Crippen LogP contribution < -0.4 is 10.1 Å². The third-order valence-electron chi connectivity index (χ3n) is 5.45. The number of aromatic nitrogens is 1. The molecule has 2 N–H and O–H groups in total. The topological polar surface area (TPSA) is 74.4 Å². The first-order chi connectivity index (χ1) is 13.9. The Bertz CT molecular complexity index is 1140. The van der Waals surface area contributed by atoms with Crippen LogP contribution in [0, 0.1) is 5.82 Å². The van der Waals surface area contributed by atoms with Gasteiger partial charge in [0, 0.05) is 23.1 Å². The summed E-state index contributed by atoms with van der Waals surface area (Å²) < 4.78 is 45.5. The number of fused-ring (bicyclic) bond motifs is 1. The SMILES string of the molecule is COc1ccc(S(=O)(=O)c2c[nH]c3cc(F)ccc23)cc1NC1CCN(C)CC1. The summed E-state index contributed by atoms with van der Waals surface area (Å²) in [7, 11) is -0.128. The van der Waals surface area contributed by atoms with E-state index in [9.17, 15) is 12.8 Å². The zero-order valence-electron chi connectivity index (χ0n) is 16.4. The van der Waals surface area contributed by atoms with Gasteiger partial charge in [0.25, 0.3) is 0 Å². The fourth-order valence-electron chi connectivity index (χ4n) is 3.76. The van der Waals surface area contributed by atoms with Gasteiger partial charge in [-0.3, -0.25) is 0 Å². The molecular weight excluding hydrogens is 393 g/mol. The van der Waals surface area contributed by atoms with E-state index in [-0.39, 0.29) is 15.8 Å². The first-order valence-electron chi connectivity index (χ1n) is 9.53. The second-order valence-electron chi connectivity index (χ2n) is 7.43. The minimum absolute atomic E-state index is 0.128. The van der Waals surface area contributed by atoms with Gasteiger partial charge in [-0.15, -0.1) is 0 Å². The van der Waals surface area contributed by atoms with Crippen molar-refractivity contribution in [2.75, 3.05) is 32.6 Å². The van der Waals surface area contributed by atoms with Gasteiger partial charge in [0.2, 0.25) is 9.84 Å². The van der Waals surface area contributed by atoms with Gasteiger partial charge in [-0.25, -0.2) is 12.8 Å². The molecule has 1 saturated heterocycles. The number of hydrogen-bond acceptors (Lipinski definition) is 5. The van der Waals surface area contributed by atoms with Crippen molar-refractivity contribution < 1.29 is 17.5 Å². The maximum Gasteiger partial charge on any atom is 0.208 e. The number of piperidine rings is 1. The molecule has 1 aromatic heterocycles. The molecule has 1 aliphatic rings. The fourth-order valence-corrected chi connectivity index (χ4v) is 5.22. The van der Waals surface area contributed by atoms with Gasteiger partial charge in [-0.05, 0) is 69.4 Å². The summed E-state index contributed by atoms with van der Waals surface area (Å²) in [6.45, 7) is 1.98. The van der Waals surface area contributed by atoms with E-state index in [1.165, 1.54) is 30.5 Å². The predicted molar refractivity (Wildman–Crippen MR) is 111 cm³/mol. The summed E-state index contributed by atoms with van der Waals surface area (Å²) >= 11 is 0. The zero-order valence-corrected chi connectivity index (χ0v) is 17.2. The van der Waals surface area contributed by atoms with Crippen molar-refractivity contribution in [3.63, 3.8) is 0 Å². The number of anilines is 1. The largest absolute Gasteiger partial charge is 0.495 e. The van der Waals surface area contributed by atoms with Crippen LogP contribution in [0.4, 0.5) is 10.1 Å². The number of nitrogens with one attached hydrogen (secondary N) is 2. The van der Waals surface area contributed by atoms with Crippen LogP contribution in [0.2, 0.25) is 0 Å². The number of ether oxygens (including phenoxy) is 1. The molecule has 2 aromatic carbocycles. The van der Waals surface area contributed by atoms with Crippen LogP contribution in [0.25, 0.3) is 10.9 Å². The van der Waals surface area contributed by atoms with E-state index in [1.807, 2.05) is 0 Å². The van der Waals surface area contributed by atoms with Crippen LogP contribution in [0.3, 0.4) is 0 Å². The van der Waals surface area contributed by atoms with Gasteiger partial charge in [0.05, 0.1) is 22.6 Å². The second kappa shape index (κ2) is 7.68.